The number of pyridine rings is 1. The van der Waals surface area contributed by atoms with Crippen LogP contribution in [0, 0.1) is 6.92 Å². The Morgan fingerprint density at radius 3 is 2.96 bits per heavy atom. The number of nitrogens with one attached hydrogen (secondary N) is 1. The molecule has 8 heteroatoms. The molecule has 26 heavy (non-hydrogen) atoms. The van der Waals surface area contributed by atoms with E-state index >= 15 is 0 Å². The quantitative estimate of drug-likeness (QED) is 0.590. The summed E-state index contributed by atoms with van der Waals surface area (Å²) in [6, 6.07) is 11.4. The van der Waals surface area contributed by atoms with E-state index in [0.717, 1.165) is 16.1 Å². The van der Waals surface area contributed by atoms with Crippen molar-refractivity contribution in [3.05, 3.63) is 66.1 Å². The minimum Gasteiger partial charge on any atom is -0.309 e. The summed E-state index contributed by atoms with van der Waals surface area (Å²) in [7, 11) is 0. The zero-order chi connectivity index (χ0) is 17.9. The van der Waals surface area contributed by atoms with Crippen molar-refractivity contribution in [3.8, 4) is 16.3 Å². The third-order valence-electron chi connectivity index (χ3n) is 3.71. The molecule has 0 aliphatic heterocycles. The van der Waals surface area contributed by atoms with E-state index in [2.05, 4.69) is 20.5 Å². The third kappa shape index (κ3) is 3.40. The molecule has 0 aliphatic carbocycles. The lowest BCUT2D eigenvalue weighted by Gasteiger charge is -2.08. The van der Waals surface area contributed by atoms with Gasteiger partial charge in [0.25, 0.3) is 0 Å². The number of thiophene rings is 1. The van der Waals surface area contributed by atoms with E-state index in [-0.39, 0.29) is 12.5 Å². The molecule has 0 spiro atoms. The molecule has 4 aromatic heterocycles. The summed E-state index contributed by atoms with van der Waals surface area (Å²) in [6.45, 7) is 1.99. The average molecular weight is 364 g/mol. The van der Waals surface area contributed by atoms with Crippen molar-refractivity contribution in [2.45, 2.75) is 13.5 Å². The fraction of sp³-hybridized carbons (Fsp3) is 0.111. The Bertz CT molecular complexity index is 1020. The lowest BCUT2D eigenvalue weighted by molar-refractivity contribution is -0.116. The van der Waals surface area contributed by atoms with Gasteiger partial charge in [-0.1, -0.05) is 12.1 Å². The third-order valence-corrected chi connectivity index (χ3v) is 4.63. The highest BCUT2D eigenvalue weighted by Gasteiger charge is 2.13. The number of aromatic nitrogens is 5. The van der Waals surface area contributed by atoms with Crippen molar-refractivity contribution < 1.29 is 4.79 Å². The molecule has 4 aromatic rings. The van der Waals surface area contributed by atoms with Crippen LogP contribution in [0.5, 0.6) is 0 Å². The summed E-state index contributed by atoms with van der Waals surface area (Å²) in [4.78, 5) is 17.8. The van der Waals surface area contributed by atoms with Gasteiger partial charge in [0.2, 0.25) is 5.91 Å². The largest absolute Gasteiger partial charge is 0.309 e. The summed E-state index contributed by atoms with van der Waals surface area (Å²) < 4.78 is 3.24. The van der Waals surface area contributed by atoms with Gasteiger partial charge in [-0.05, 0) is 30.5 Å². The first kappa shape index (κ1) is 16.2. The van der Waals surface area contributed by atoms with Gasteiger partial charge in [-0.2, -0.15) is 14.9 Å². The van der Waals surface area contributed by atoms with Crippen molar-refractivity contribution in [3.63, 3.8) is 0 Å². The molecule has 0 aliphatic rings. The van der Waals surface area contributed by atoms with Crippen LogP contribution >= 0.6 is 11.3 Å². The van der Waals surface area contributed by atoms with Crippen molar-refractivity contribution in [2.75, 3.05) is 5.32 Å². The number of carbonyl (C=O) groups excluding carboxylic acids is 1. The van der Waals surface area contributed by atoms with Gasteiger partial charge in [-0.15, -0.1) is 11.3 Å². The van der Waals surface area contributed by atoms with E-state index < -0.39 is 0 Å². The van der Waals surface area contributed by atoms with E-state index in [4.69, 9.17) is 0 Å². The maximum atomic E-state index is 12.4. The molecule has 130 valence electrons. The fourth-order valence-electron chi connectivity index (χ4n) is 2.59. The van der Waals surface area contributed by atoms with Crippen LogP contribution < -0.4 is 5.32 Å². The zero-order valence-electron chi connectivity index (χ0n) is 14.0. The van der Waals surface area contributed by atoms with Gasteiger partial charge in [-0.3, -0.25) is 9.48 Å². The van der Waals surface area contributed by atoms with Crippen LogP contribution in [0.4, 0.5) is 5.82 Å². The monoisotopic (exact) mass is 364 g/mol. The van der Waals surface area contributed by atoms with Crippen molar-refractivity contribution in [1.29, 1.82) is 0 Å². The maximum Gasteiger partial charge on any atom is 0.247 e. The standard InChI is InChI=1S/C18H16N6OS/c1-13-9-17(24(22-13)16-6-2-3-7-19-16)21-18(25)12-23-11-14(10-20-23)15-5-4-8-26-15/h2-11H,12H2,1H3,(H,21,25). The topological polar surface area (TPSA) is 77.6 Å². The first-order valence-corrected chi connectivity index (χ1v) is 8.91. The number of nitrogens with zero attached hydrogens (tertiary/aromatic N) is 5. The number of hydrogen-bond donors (Lipinski definition) is 1. The molecule has 0 unspecified atom stereocenters. The lowest BCUT2D eigenvalue weighted by atomic mass is 10.3. The summed E-state index contributed by atoms with van der Waals surface area (Å²) >= 11 is 1.64. The van der Waals surface area contributed by atoms with E-state index in [1.807, 2.05) is 54.9 Å². The highest BCUT2D eigenvalue weighted by atomic mass is 32.1. The van der Waals surface area contributed by atoms with Crippen LogP contribution in [-0.4, -0.2) is 30.5 Å². The molecule has 0 saturated carbocycles. The minimum atomic E-state index is -0.178. The average Bonchev–Trinajstić information content (AvgIpc) is 3.36. The molecular weight excluding hydrogens is 348 g/mol. The Balaban J connectivity index is 1.49. The van der Waals surface area contributed by atoms with E-state index in [1.54, 1.807) is 33.1 Å². The van der Waals surface area contributed by atoms with Crippen molar-refractivity contribution in [1.82, 2.24) is 24.5 Å². The Morgan fingerprint density at radius 2 is 2.19 bits per heavy atom. The molecule has 1 amide bonds. The van der Waals surface area contributed by atoms with Gasteiger partial charge in [0.1, 0.15) is 12.4 Å². The molecule has 4 rings (SSSR count). The van der Waals surface area contributed by atoms with Gasteiger partial charge in [-0.25, -0.2) is 4.98 Å². The number of aryl methyl sites for hydroxylation is 1. The molecule has 0 saturated heterocycles. The number of carbonyl (C=O) groups is 1. The van der Waals surface area contributed by atoms with Crippen LogP contribution in [0.1, 0.15) is 5.69 Å². The van der Waals surface area contributed by atoms with Crippen LogP contribution in [0.3, 0.4) is 0 Å². The summed E-state index contributed by atoms with van der Waals surface area (Å²) in [5.41, 5.74) is 1.80. The highest BCUT2D eigenvalue weighted by molar-refractivity contribution is 7.13. The first-order valence-electron chi connectivity index (χ1n) is 8.03. The van der Waals surface area contributed by atoms with Gasteiger partial charge in [0, 0.05) is 28.9 Å². The Labute approximate surface area is 153 Å². The lowest BCUT2D eigenvalue weighted by Crippen LogP contribution is -2.21. The summed E-state index contributed by atoms with van der Waals surface area (Å²) in [5, 5.41) is 13.6. The number of anilines is 1. The maximum absolute atomic E-state index is 12.4. The summed E-state index contributed by atoms with van der Waals surface area (Å²) in [6.07, 6.45) is 5.32. The summed E-state index contributed by atoms with van der Waals surface area (Å²) in [5.74, 6) is 1.05. The van der Waals surface area contributed by atoms with Crippen LogP contribution in [0.25, 0.3) is 16.3 Å². The smallest absolute Gasteiger partial charge is 0.247 e. The number of rotatable bonds is 5. The highest BCUT2D eigenvalue weighted by Crippen LogP contribution is 2.23. The second-order valence-electron chi connectivity index (χ2n) is 5.72. The Hall–Kier alpha value is -3.26. The van der Waals surface area contributed by atoms with Gasteiger partial charge in [0.05, 0.1) is 11.9 Å². The van der Waals surface area contributed by atoms with E-state index in [9.17, 15) is 4.79 Å². The molecule has 0 radical (unpaired) electrons. The first-order chi connectivity index (χ1) is 12.7. The predicted molar refractivity (Wildman–Crippen MR) is 100 cm³/mol. The van der Waals surface area contributed by atoms with E-state index in [0.29, 0.717) is 11.6 Å². The Morgan fingerprint density at radius 1 is 1.27 bits per heavy atom. The second kappa shape index (κ2) is 6.93. The molecule has 0 fully saturated rings. The van der Waals surface area contributed by atoms with Gasteiger partial charge < -0.3 is 5.32 Å². The molecule has 0 bridgehead atoms. The zero-order valence-corrected chi connectivity index (χ0v) is 14.8. The molecule has 0 aromatic carbocycles. The molecule has 1 N–H and O–H groups in total. The van der Waals surface area contributed by atoms with Gasteiger partial charge >= 0.3 is 0 Å². The normalized spacial score (nSPS) is 10.8. The van der Waals surface area contributed by atoms with Crippen LogP contribution in [-0.2, 0) is 11.3 Å². The SMILES string of the molecule is Cc1cc(NC(=O)Cn2cc(-c3cccs3)cn2)n(-c2ccccn2)n1. The van der Waals surface area contributed by atoms with Gasteiger partial charge in [0.15, 0.2) is 5.82 Å². The van der Waals surface area contributed by atoms with Crippen molar-refractivity contribution >= 4 is 23.1 Å². The molecule has 7 nitrogen and oxygen atoms in total. The van der Waals surface area contributed by atoms with Crippen molar-refractivity contribution in [2.24, 2.45) is 0 Å². The number of amides is 1. The minimum absolute atomic E-state index is 0.123. The second-order valence-corrected chi connectivity index (χ2v) is 6.67. The Kier molecular flexibility index (Phi) is 4.32. The van der Waals surface area contributed by atoms with E-state index in [1.165, 1.54) is 0 Å². The molecule has 0 atom stereocenters. The number of hydrogen-bond acceptors (Lipinski definition) is 5. The van der Waals surface area contributed by atoms with Crippen LogP contribution in [0.2, 0.25) is 0 Å². The fourth-order valence-corrected chi connectivity index (χ4v) is 3.29. The van der Waals surface area contributed by atoms with Crippen LogP contribution in [0.15, 0.2) is 60.4 Å². The predicted octanol–water partition coefficient (Wildman–Crippen LogP) is 3.14. The molecular formula is C18H16N6OS. The molecule has 4 heterocycles.